The van der Waals surface area contributed by atoms with E-state index in [-0.39, 0.29) is 34.1 Å². The fourth-order valence-electron chi connectivity index (χ4n) is 3.52. The van der Waals surface area contributed by atoms with Gasteiger partial charge in [-0.05, 0) is 66.4 Å². The maximum absolute atomic E-state index is 13.1. The SMILES string of the molecule is COc1ccc(NC(=O)C2CC2c2ccccc2Cl)cc1NS(=O)(=O)c1ccc(F)cc1. The molecule has 9 heteroatoms. The zero-order valence-electron chi connectivity index (χ0n) is 17.0. The lowest BCUT2D eigenvalue weighted by Gasteiger charge is -2.14. The van der Waals surface area contributed by atoms with Crippen molar-refractivity contribution in [1.29, 1.82) is 0 Å². The van der Waals surface area contributed by atoms with Gasteiger partial charge in [0.1, 0.15) is 11.6 Å². The molecular formula is C23H20ClFN2O4S. The summed E-state index contributed by atoms with van der Waals surface area (Å²) >= 11 is 6.23. The standard InChI is InChI=1S/C23H20ClFN2O4S/c1-31-22-11-8-15(12-21(22)27-32(29,30)16-9-6-14(25)7-10-16)26-23(28)19-13-18(19)17-4-2-3-5-20(17)24/h2-12,18-19,27H,13H2,1H3,(H,26,28). The third-order valence-corrected chi connectivity index (χ3v) is 6.99. The van der Waals surface area contributed by atoms with Gasteiger partial charge in [0, 0.05) is 16.6 Å². The maximum Gasteiger partial charge on any atom is 0.262 e. The van der Waals surface area contributed by atoms with Crippen LogP contribution in [0.3, 0.4) is 0 Å². The van der Waals surface area contributed by atoms with Gasteiger partial charge in [0.25, 0.3) is 10.0 Å². The van der Waals surface area contributed by atoms with Gasteiger partial charge in [0.05, 0.1) is 17.7 Å². The van der Waals surface area contributed by atoms with Gasteiger partial charge in [-0.1, -0.05) is 29.8 Å². The Kier molecular flexibility index (Phi) is 6.08. The van der Waals surface area contributed by atoms with Gasteiger partial charge in [-0.25, -0.2) is 12.8 Å². The monoisotopic (exact) mass is 474 g/mol. The van der Waals surface area contributed by atoms with E-state index in [1.807, 2.05) is 18.2 Å². The minimum absolute atomic E-state index is 0.0541. The molecule has 2 unspecified atom stereocenters. The van der Waals surface area contributed by atoms with Crippen molar-refractivity contribution in [2.45, 2.75) is 17.2 Å². The summed E-state index contributed by atoms with van der Waals surface area (Å²) in [7, 11) is -2.58. The summed E-state index contributed by atoms with van der Waals surface area (Å²) in [5.74, 6) is -0.599. The number of amides is 1. The van der Waals surface area contributed by atoms with Crippen molar-refractivity contribution in [1.82, 2.24) is 0 Å². The molecule has 0 aromatic heterocycles. The summed E-state index contributed by atoms with van der Waals surface area (Å²) in [6.45, 7) is 0. The molecule has 2 atom stereocenters. The van der Waals surface area contributed by atoms with Crippen LogP contribution < -0.4 is 14.8 Å². The molecule has 2 N–H and O–H groups in total. The lowest BCUT2D eigenvalue weighted by atomic mass is 10.1. The van der Waals surface area contributed by atoms with Crippen LogP contribution in [0.1, 0.15) is 17.9 Å². The first kappa shape index (κ1) is 22.1. The summed E-state index contributed by atoms with van der Waals surface area (Å²) in [6.07, 6.45) is 0.690. The van der Waals surface area contributed by atoms with Crippen LogP contribution in [0.4, 0.5) is 15.8 Å². The Hall–Kier alpha value is -3.10. The number of nitrogens with one attached hydrogen (secondary N) is 2. The number of ether oxygens (including phenoxy) is 1. The average Bonchev–Trinajstić information content (AvgIpc) is 3.55. The van der Waals surface area contributed by atoms with Gasteiger partial charge in [-0.3, -0.25) is 9.52 Å². The molecular weight excluding hydrogens is 455 g/mol. The highest BCUT2D eigenvalue weighted by Gasteiger charge is 2.44. The molecule has 0 bridgehead atoms. The second-order valence-electron chi connectivity index (χ2n) is 7.43. The number of benzene rings is 3. The van der Waals surface area contributed by atoms with Crippen LogP contribution in [0.25, 0.3) is 0 Å². The zero-order chi connectivity index (χ0) is 22.9. The number of sulfonamides is 1. The average molecular weight is 475 g/mol. The van der Waals surface area contributed by atoms with Gasteiger partial charge in [0.15, 0.2) is 0 Å². The van der Waals surface area contributed by atoms with Crippen LogP contribution in [0.15, 0.2) is 71.6 Å². The Labute approximate surface area is 190 Å². The number of carbonyl (C=O) groups is 1. The lowest BCUT2D eigenvalue weighted by molar-refractivity contribution is -0.117. The molecule has 6 nitrogen and oxygen atoms in total. The second-order valence-corrected chi connectivity index (χ2v) is 9.52. The number of methoxy groups -OCH3 is 1. The van der Waals surface area contributed by atoms with Crippen molar-refractivity contribution in [3.8, 4) is 5.75 Å². The van der Waals surface area contributed by atoms with Crippen LogP contribution in [0.2, 0.25) is 5.02 Å². The Morgan fingerprint density at radius 2 is 1.81 bits per heavy atom. The summed E-state index contributed by atoms with van der Waals surface area (Å²) in [5.41, 5.74) is 1.50. The number of carbonyl (C=O) groups excluding carboxylic acids is 1. The smallest absolute Gasteiger partial charge is 0.262 e. The molecule has 0 radical (unpaired) electrons. The summed E-state index contributed by atoms with van der Waals surface area (Å²) in [5, 5.41) is 3.46. The van der Waals surface area contributed by atoms with E-state index >= 15 is 0 Å². The first-order valence-electron chi connectivity index (χ1n) is 9.80. The summed E-state index contributed by atoms with van der Waals surface area (Å²) in [4.78, 5) is 12.6. The van der Waals surface area contributed by atoms with E-state index in [4.69, 9.17) is 16.3 Å². The van der Waals surface area contributed by atoms with E-state index in [2.05, 4.69) is 10.0 Å². The lowest BCUT2D eigenvalue weighted by Crippen LogP contribution is -2.16. The molecule has 166 valence electrons. The summed E-state index contributed by atoms with van der Waals surface area (Å²) in [6, 6.07) is 16.5. The normalized spacial score (nSPS) is 17.5. The highest BCUT2D eigenvalue weighted by molar-refractivity contribution is 7.92. The molecule has 0 saturated heterocycles. The number of halogens is 2. The quantitative estimate of drug-likeness (QED) is 0.503. The van der Waals surface area contributed by atoms with Crippen molar-refractivity contribution < 1.29 is 22.3 Å². The molecule has 1 aliphatic carbocycles. The van der Waals surface area contributed by atoms with Gasteiger partial charge in [-0.2, -0.15) is 0 Å². The topological polar surface area (TPSA) is 84.5 Å². The van der Waals surface area contributed by atoms with Gasteiger partial charge >= 0.3 is 0 Å². The van der Waals surface area contributed by atoms with Crippen molar-refractivity contribution in [3.05, 3.63) is 83.1 Å². The molecule has 3 aromatic carbocycles. The number of hydrogen-bond donors (Lipinski definition) is 2. The molecule has 3 aromatic rings. The van der Waals surface area contributed by atoms with E-state index in [0.29, 0.717) is 17.1 Å². The van der Waals surface area contributed by atoms with Crippen molar-refractivity contribution in [2.75, 3.05) is 17.1 Å². The van der Waals surface area contributed by atoms with Crippen molar-refractivity contribution in [2.24, 2.45) is 5.92 Å². The number of hydrogen-bond acceptors (Lipinski definition) is 4. The number of rotatable bonds is 7. The van der Waals surface area contributed by atoms with Crippen LogP contribution in [0, 0.1) is 11.7 Å². The minimum Gasteiger partial charge on any atom is -0.495 e. The highest BCUT2D eigenvalue weighted by Crippen LogP contribution is 2.50. The molecule has 1 saturated carbocycles. The first-order valence-corrected chi connectivity index (χ1v) is 11.7. The maximum atomic E-state index is 13.1. The molecule has 4 rings (SSSR count). The molecule has 32 heavy (non-hydrogen) atoms. The third-order valence-electron chi connectivity index (χ3n) is 5.27. The third kappa shape index (κ3) is 4.71. The zero-order valence-corrected chi connectivity index (χ0v) is 18.6. The second kappa shape index (κ2) is 8.80. The van der Waals surface area contributed by atoms with Crippen LogP contribution in [-0.4, -0.2) is 21.4 Å². The Morgan fingerprint density at radius 3 is 2.50 bits per heavy atom. The highest BCUT2D eigenvalue weighted by atomic mass is 35.5. The van der Waals surface area contributed by atoms with Crippen LogP contribution in [-0.2, 0) is 14.8 Å². The van der Waals surface area contributed by atoms with Gasteiger partial charge in [-0.15, -0.1) is 0 Å². The molecule has 0 aliphatic heterocycles. The molecule has 0 heterocycles. The van der Waals surface area contributed by atoms with Crippen LogP contribution >= 0.6 is 11.6 Å². The van der Waals surface area contributed by atoms with Crippen molar-refractivity contribution >= 4 is 38.9 Å². The van der Waals surface area contributed by atoms with E-state index in [9.17, 15) is 17.6 Å². The van der Waals surface area contributed by atoms with E-state index in [0.717, 1.165) is 29.8 Å². The van der Waals surface area contributed by atoms with E-state index < -0.39 is 15.8 Å². The summed E-state index contributed by atoms with van der Waals surface area (Å²) < 4.78 is 46.2. The molecule has 1 fully saturated rings. The minimum atomic E-state index is -3.99. The van der Waals surface area contributed by atoms with Crippen LogP contribution in [0.5, 0.6) is 5.75 Å². The number of anilines is 2. The Morgan fingerprint density at radius 1 is 1.09 bits per heavy atom. The Bertz CT molecular complexity index is 1270. The largest absolute Gasteiger partial charge is 0.495 e. The molecule has 1 amide bonds. The first-order chi connectivity index (χ1) is 15.3. The predicted octanol–water partition coefficient (Wildman–Crippen LogP) is 5.03. The van der Waals surface area contributed by atoms with E-state index in [1.54, 1.807) is 18.2 Å². The predicted molar refractivity (Wildman–Crippen MR) is 121 cm³/mol. The Balaban J connectivity index is 1.50. The van der Waals surface area contributed by atoms with E-state index in [1.165, 1.54) is 13.2 Å². The fourth-order valence-corrected chi connectivity index (χ4v) is 4.86. The fraction of sp³-hybridized carbons (Fsp3) is 0.174. The van der Waals surface area contributed by atoms with Gasteiger partial charge < -0.3 is 10.1 Å². The van der Waals surface area contributed by atoms with Crippen molar-refractivity contribution in [3.63, 3.8) is 0 Å². The van der Waals surface area contributed by atoms with Gasteiger partial charge in [0.2, 0.25) is 5.91 Å². The molecule has 0 spiro atoms. The molecule has 1 aliphatic rings.